The van der Waals surface area contributed by atoms with E-state index in [-0.39, 0.29) is 12.2 Å². The second kappa shape index (κ2) is 8.11. The lowest BCUT2D eigenvalue weighted by Crippen LogP contribution is -2.30. The maximum atomic E-state index is 14.0. The first-order valence-electron chi connectivity index (χ1n) is 10.5. The Morgan fingerprint density at radius 3 is 2.28 bits per heavy atom. The highest BCUT2D eigenvalue weighted by Crippen LogP contribution is 2.29. The highest BCUT2D eigenvalue weighted by molar-refractivity contribution is 6.14. The van der Waals surface area contributed by atoms with Crippen molar-refractivity contribution in [3.05, 3.63) is 93.2 Å². The highest BCUT2D eigenvalue weighted by Gasteiger charge is 2.34. The Balaban J connectivity index is 1.68. The van der Waals surface area contributed by atoms with Crippen LogP contribution in [0, 0.1) is 40.4 Å². The van der Waals surface area contributed by atoms with Crippen molar-refractivity contribution in [3.63, 3.8) is 0 Å². The number of aryl methyl sites for hydroxylation is 4. The van der Waals surface area contributed by atoms with Crippen LogP contribution in [0.2, 0.25) is 0 Å². The summed E-state index contributed by atoms with van der Waals surface area (Å²) in [5, 5.41) is 2.63. The molecule has 164 valence electrons. The van der Waals surface area contributed by atoms with E-state index in [1.807, 2.05) is 19.9 Å². The predicted molar refractivity (Wildman–Crippen MR) is 123 cm³/mol. The number of nitrogens with zero attached hydrogens (tertiary/aromatic N) is 2. The van der Waals surface area contributed by atoms with Gasteiger partial charge in [-0.05, 0) is 69.5 Å². The van der Waals surface area contributed by atoms with Crippen molar-refractivity contribution < 1.29 is 14.0 Å². The van der Waals surface area contributed by atoms with Crippen LogP contribution in [-0.4, -0.2) is 21.4 Å². The van der Waals surface area contributed by atoms with Crippen molar-refractivity contribution in [1.82, 2.24) is 14.8 Å². The zero-order valence-electron chi connectivity index (χ0n) is 18.9. The average molecular weight is 432 g/mol. The van der Waals surface area contributed by atoms with Crippen molar-refractivity contribution in [2.75, 3.05) is 0 Å². The van der Waals surface area contributed by atoms with E-state index in [0.29, 0.717) is 5.56 Å². The molecular weight excluding hydrogens is 405 g/mol. The van der Waals surface area contributed by atoms with E-state index in [1.165, 1.54) is 22.8 Å². The molecule has 1 aromatic heterocycles. The van der Waals surface area contributed by atoms with Crippen LogP contribution in [0.4, 0.5) is 9.18 Å². The lowest BCUT2D eigenvalue weighted by atomic mass is 10.0. The van der Waals surface area contributed by atoms with E-state index < -0.39 is 17.8 Å². The van der Waals surface area contributed by atoms with Crippen LogP contribution in [-0.2, 0) is 11.3 Å². The number of amides is 3. The van der Waals surface area contributed by atoms with Gasteiger partial charge in [0.15, 0.2) is 0 Å². The molecule has 0 radical (unpaired) electrons. The number of urea groups is 1. The predicted octanol–water partition coefficient (Wildman–Crippen LogP) is 5.25. The first-order valence-corrected chi connectivity index (χ1v) is 10.5. The quantitative estimate of drug-likeness (QED) is 0.453. The summed E-state index contributed by atoms with van der Waals surface area (Å²) in [5.74, 6) is -0.913. The minimum absolute atomic E-state index is 0.116. The van der Waals surface area contributed by atoms with Gasteiger partial charge in [0.05, 0.1) is 12.2 Å². The molecule has 0 aliphatic carbocycles. The Bertz CT molecular complexity index is 1260. The Hall–Kier alpha value is -3.67. The topological polar surface area (TPSA) is 54.3 Å². The molecule has 0 saturated carbocycles. The molecule has 3 amide bonds. The fourth-order valence-electron chi connectivity index (χ4n) is 4.47. The van der Waals surface area contributed by atoms with Gasteiger partial charge in [-0.15, -0.1) is 0 Å². The van der Waals surface area contributed by atoms with Crippen LogP contribution >= 0.6 is 0 Å². The molecule has 1 saturated heterocycles. The standard InChI is InChI=1S/C26H26FN3O2/c1-15-10-16(2)24(17(3)11-15)30-18(4)12-21(19(30)5)13-23-25(31)29(26(32)28-23)14-20-8-6-7-9-22(20)27/h6-13H,14H2,1-5H3,(H,28,32)/b23-13+. The third kappa shape index (κ3) is 3.73. The molecule has 32 heavy (non-hydrogen) atoms. The fraction of sp³-hybridized carbons (Fsp3) is 0.231. The van der Waals surface area contributed by atoms with E-state index in [0.717, 1.165) is 27.5 Å². The van der Waals surface area contributed by atoms with Crippen LogP contribution in [0.1, 0.15) is 39.2 Å². The molecule has 0 atom stereocenters. The second-order valence-electron chi connectivity index (χ2n) is 8.38. The van der Waals surface area contributed by atoms with Crippen LogP contribution in [0.15, 0.2) is 48.2 Å². The number of benzene rings is 2. The number of rotatable bonds is 4. The lowest BCUT2D eigenvalue weighted by molar-refractivity contribution is -0.123. The van der Waals surface area contributed by atoms with Crippen LogP contribution < -0.4 is 5.32 Å². The molecule has 1 N–H and O–H groups in total. The largest absolute Gasteiger partial charge is 0.329 e. The first kappa shape index (κ1) is 21.6. The fourth-order valence-corrected chi connectivity index (χ4v) is 4.47. The monoisotopic (exact) mass is 431 g/mol. The molecule has 1 fully saturated rings. The summed E-state index contributed by atoms with van der Waals surface area (Å²) in [7, 11) is 0. The summed E-state index contributed by atoms with van der Waals surface area (Å²) in [6, 6.07) is 11.9. The molecule has 5 nitrogen and oxygen atoms in total. The number of halogens is 1. The van der Waals surface area contributed by atoms with Crippen molar-refractivity contribution >= 4 is 18.0 Å². The minimum Gasteiger partial charge on any atom is -0.317 e. The van der Waals surface area contributed by atoms with Crippen LogP contribution in [0.25, 0.3) is 11.8 Å². The van der Waals surface area contributed by atoms with Crippen LogP contribution in [0.5, 0.6) is 0 Å². The van der Waals surface area contributed by atoms with Gasteiger partial charge in [-0.3, -0.25) is 9.69 Å². The normalized spacial score (nSPS) is 15.1. The lowest BCUT2D eigenvalue weighted by Gasteiger charge is -2.17. The third-order valence-electron chi connectivity index (χ3n) is 5.88. The number of nitrogens with one attached hydrogen (secondary N) is 1. The molecule has 6 heteroatoms. The number of hydrogen-bond donors (Lipinski definition) is 1. The average Bonchev–Trinajstić information content (AvgIpc) is 3.13. The molecule has 0 unspecified atom stereocenters. The molecule has 2 aromatic carbocycles. The number of carbonyl (C=O) groups excluding carboxylic acids is 2. The smallest absolute Gasteiger partial charge is 0.317 e. The molecule has 0 bridgehead atoms. The van der Waals surface area contributed by atoms with Crippen molar-refractivity contribution in [1.29, 1.82) is 0 Å². The number of imide groups is 1. The molecule has 3 aromatic rings. The summed E-state index contributed by atoms with van der Waals surface area (Å²) >= 11 is 0. The Kier molecular flexibility index (Phi) is 5.46. The van der Waals surface area contributed by atoms with Gasteiger partial charge >= 0.3 is 6.03 Å². The Morgan fingerprint density at radius 1 is 0.969 bits per heavy atom. The molecule has 2 heterocycles. The SMILES string of the molecule is Cc1cc(C)c(-n2c(C)cc(/C=C3/NC(=O)N(Cc4ccccc4F)C3=O)c2C)c(C)c1. The summed E-state index contributed by atoms with van der Waals surface area (Å²) in [4.78, 5) is 26.4. The van der Waals surface area contributed by atoms with Gasteiger partial charge in [-0.25, -0.2) is 9.18 Å². The van der Waals surface area contributed by atoms with Gasteiger partial charge in [-0.1, -0.05) is 35.9 Å². The summed E-state index contributed by atoms with van der Waals surface area (Å²) < 4.78 is 16.2. The molecule has 0 spiro atoms. The highest BCUT2D eigenvalue weighted by atomic mass is 19.1. The van der Waals surface area contributed by atoms with Crippen LogP contribution in [0.3, 0.4) is 0 Å². The maximum Gasteiger partial charge on any atom is 0.329 e. The van der Waals surface area contributed by atoms with E-state index in [2.05, 4.69) is 42.8 Å². The van der Waals surface area contributed by atoms with Gasteiger partial charge in [0.25, 0.3) is 5.91 Å². The number of carbonyl (C=O) groups is 2. The van der Waals surface area contributed by atoms with Crippen molar-refractivity contribution in [2.45, 2.75) is 41.2 Å². The van der Waals surface area contributed by atoms with Gasteiger partial charge in [0.2, 0.25) is 0 Å². The Morgan fingerprint density at radius 2 is 1.62 bits per heavy atom. The summed E-state index contributed by atoms with van der Waals surface area (Å²) in [6.45, 7) is 10.2. The first-order chi connectivity index (χ1) is 15.2. The van der Waals surface area contributed by atoms with Gasteiger partial charge < -0.3 is 9.88 Å². The van der Waals surface area contributed by atoms with Gasteiger partial charge in [0.1, 0.15) is 11.5 Å². The zero-order chi connectivity index (χ0) is 23.2. The molecular formula is C26H26FN3O2. The van der Waals surface area contributed by atoms with E-state index in [9.17, 15) is 14.0 Å². The molecule has 1 aliphatic rings. The number of hydrogen-bond acceptors (Lipinski definition) is 2. The Labute approximate surface area is 187 Å². The third-order valence-corrected chi connectivity index (χ3v) is 5.88. The molecule has 4 rings (SSSR count). The molecule has 1 aliphatic heterocycles. The zero-order valence-corrected chi connectivity index (χ0v) is 18.9. The van der Waals surface area contributed by atoms with E-state index >= 15 is 0 Å². The second-order valence-corrected chi connectivity index (χ2v) is 8.38. The van der Waals surface area contributed by atoms with Crippen molar-refractivity contribution in [3.8, 4) is 5.69 Å². The summed E-state index contributed by atoms with van der Waals surface area (Å²) in [5.41, 5.74) is 8.00. The van der Waals surface area contributed by atoms with Crippen molar-refractivity contribution in [2.24, 2.45) is 0 Å². The van der Waals surface area contributed by atoms with Gasteiger partial charge in [0, 0.05) is 17.0 Å². The van der Waals surface area contributed by atoms with Gasteiger partial charge in [-0.2, -0.15) is 0 Å². The van der Waals surface area contributed by atoms with E-state index in [1.54, 1.807) is 24.3 Å². The number of aromatic nitrogens is 1. The maximum absolute atomic E-state index is 14.0. The minimum atomic E-state index is -0.552. The van der Waals surface area contributed by atoms with E-state index in [4.69, 9.17) is 0 Å². The summed E-state index contributed by atoms with van der Waals surface area (Å²) in [6.07, 6.45) is 1.69.